The number of aryl methyl sites for hydroxylation is 1. The summed E-state index contributed by atoms with van der Waals surface area (Å²) in [6.45, 7) is 7.06. The molecule has 32 heavy (non-hydrogen) atoms. The van der Waals surface area contributed by atoms with Crippen molar-refractivity contribution in [2.45, 2.75) is 13.3 Å². The maximum atomic E-state index is 9.99. The van der Waals surface area contributed by atoms with Crippen LogP contribution in [0.1, 0.15) is 11.3 Å². The number of aromatic nitrogens is 2. The molecule has 1 aliphatic heterocycles. The Labute approximate surface area is 188 Å². The van der Waals surface area contributed by atoms with Crippen LogP contribution in [0.3, 0.4) is 0 Å². The molecule has 2 aromatic carbocycles. The van der Waals surface area contributed by atoms with E-state index in [4.69, 9.17) is 0 Å². The molecule has 0 amide bonds. The molecule has 1 aliphatic rings. The smallest absolute Gasteiger partial charge is 0.198 e. The number of hydrogen-bond donors (Lipinski definition) is 2. The first kappa shape index (κ1) is 20.4. The number of benzene rings is 2. The molecule has 2 aromatic heterocycles. The second-order valence-electron chi connectivity index (χ2n) is 8.43. The first-order valence-electron chi connectivity index (χ1n) is 11.1. The Bertz CT molecular complexity index is 1220. The van der Waals surface area contributed by atoms with Gasteiger partial charge >= 0.3 is 0 Å². The Hall–Kier alpha value is -3.51. The standard InChI is InChI=1S/C26H28N4O2/c1-19-8-9-22-23(27-19)6-3-7-24(22)29-16-14-28(15-17-29)13-12-20-4-2-5-21(18-20)30-25(31)10-11-26(30)32/h2-11,18,31-32H,12-17H2,1H3. The number of fused-ring (bicyclic) bond motifs is 1. The van der Waals surface area contributed by atoms with Crippen molar-refractivity contribution >= 4 is 16.6 Å². The summed E-state index contributed by atoms with van der Waals surface area (Å²) in [5.41, 5.74) is 5.34. The molecule has 1 fully saturated rings. The van der Waals surface area contributed by atoms with Gasteiger partial charge in [0.05, 0.1) is 11.2 Å². The fraction of sp³-hybridized carbons (Fsp3) is 0.269. The molecule has 0 atom stereocenters. The normalized spacial score (nSPS) is 14.8. The Morgan fingerprint density at radius 2 is 1.59 bits per heavy atom. The molecule has 1 saturated heterocycles. The predicted octanol–water partition coefficient (Wildman–Crippen LogP) is 4.11. The SMILES string of the molecule is Cc1ccc2c(N3CCN(CCc4cccc(-n5c(O)ccc5O)c4)CC3)cccc2n1. The third kappa shape index (κ3) is 4.01. The van der Waals surface area contributed by atoms with E-state index in [0.717, 1.165) is 56.0 Å². The molecule has 3 heterocycles. The number of pyridine rings is 1. The molecule has 6 nitrogen and oxygen atoms in total. The number of piperazine rings is 1. The maximum absolute atomic E-state index is 9.99. The van der Waals surface area contributed by atoms with Crippen molar-refractivity contribution in [3.8, 4) is 17.4 Å². The number of rotatable bonds is 5. The maximum Gasteiger partial charge on any atom is 0.198 e. The van der Waals surface area contributed by atoms with Gasteiger partial charge in [-0.3, -0.25) is 14.5 Å². The molecule has 0 aliphatic carbocycles. The van der Waals surface area contributed by atoms with Crippen LogP contribution in [0, 0.1) is 6.92 Å². The van der Waals surface area contributed by atoms with Gasteiger partial charge in [-0.25, -0.2) is 0 Å². The van der Waals surface area contributed by atoms with Gasteiger partial charge in [-0.2, -0.15) is 0 Å². The van der Waals surface area contributed by atoms with Crippen LogP contribution in [-0.2, 0) is 6.42 Å². The topological polar surface area (TPSA) is 64.8 Å². The van der Waals surface area contributed by atoms with Gasteiger partial charge in [-0.05, 0) is 55.3 Å². The van der Waals surface area contributed by atoms with E-state index in [1.165, 1.54) is 33.3 Å². The molecule has 6 heteroatoms. The summed E-state index contributed by atoms with van der Waals surface area (Å²) in [5.74, 6) is 0.0733. The Kier molecular flexibility index (Phi) is 5.45. The van der Waals surface area contributed by atoms with Crippen molar-refractivity contribution in [2.24, 2.45) is 0 Å². The van der Waals surface area contributed by atoms with Crippen LogP contribution in [-0.4, -0.2) is 57.4 Å². The van der Waals surface area contributed by atoms with Gasteiger partial charge in [0.1, 0.15) is 0 Å². The summed E-state index contributed by atoms with van der Waals surface area (Å²) in [4.78, 5) is 9.64. The lowest BCUT2D eigenvalue weighted by atomic mass is 10.1. The highest BCUT2D eigenvalue weighted by Gasteiger charge is 2.19. The zero-order chi connectivity index (χ0) is 22.1. The van der Waals surface area contributed by atoms with Crippen LogP contribution in [0.4, 0.5) is 5.69 Å². The minimum atomic E-state index is 0.0366. The summed E-state index contributed by atoms with van der Waals surface area (Å²) < 4.78 is 1.45. The molecular formula is C26H28N4O2. The van der Waals surface area contributed by atoms with Crippen molar-refractivity contribution in [3.05, 3.63) is 78.0 Å². The zero-order valence-electron chi connectivity index (χ0n) is 18.3. The molecule has 0 spiro atoms. The van der Waals surface area contributed by atoms with Crippen molar-refractivity contribution < 1.29 is 10.2 Å². The van der Waals surface area contributed by atoms with Crippen LogP contribution < -0.4 is 4.90 Å². The lowest BCUT2D eigenvalue weighted by molar-refractivity contribution is 0.261. The molecular weight excluding hydrogens is 400 g/mol. The van der Waals surface area contributed by atoms with Gasteiger partial charge in [0.2, 0.25) is 0 Å². The van der Waals surface area contributed by atoms with E-state index in [1.54, 1.807) is 0 Å². The van der Waals surface area contributed by atoms with Gasteiger partial charge in [0.25, 0.3) is 0 Å². The summed E-state index contributed by atoms with van der Waals surface area (Å²) in [7, 11) is 0. The fourth-order valence-electron chi connectivity index (χ4n) is 4.55. The van der Waals surface area contributed by atoms with Crippen LogP contribution in [0.2, 0.25) is 0 Å². The average molecular weight is 429 g/mol. The van der Waals surface area contributed by atoms with Gasteiger partial charge in [-0.15, -0.1) is 0 Å². The van der Waals surface area contributed by atoms with Crippen molar-refractivity contribution in [3.63, 3.8) is 0 Å². The lowest BCUT2D eigenvalue weighted by Gasteiger charge is -2.36. The zero-order valence-corrected chi connectivity index (χ0v) is 18.3. The second kappa shape index (κ2) is 8.55. The molecule has 164 valence electrons. The monoisotopic (exact) mass is 428 g/mol. The van der Waals surface area contributed by atoms with E-state index in [0.29, 0.717) is 0 Å². The fourth-order valence-corrected chi connectivity index (χ4v) is 4.55. The first-order chi connectivity index (χ1) is 15.6. The van der Waals surface area contributed by atoms with E-state index in [9.17, 15) is 10.2 Å². The molecule has 5 rings (SSSR count). The van der Waals surface area contributed by atoms with Crippen LogP contribution >= 0.6 is 0 Å². The number of hydrogen-bond acceptors (Lipinski definition) is 5. The molecule has 2 N–H and O–H groups in total. The number of anilines is 1. The molecule has 0 unspecified atom stereocenters. The van der Waals surface area contributed by atoms with Crippen LogP contribution in [0.25, 0.3) is 16.6 Å². The van der Waals surface area contributed by atoms with Gasteiger partial charge in [0, 0.05) is 61.6 Å². The van der Waals surface area contributed by atoms with E-state index in [2.05, 4.69) is 51.2 Å². The highest BCUT2D eigenvalue weighted by Crippen LogP contribution is 2.28. The second-order valence-corrected chi connectivity index (χ2v) is 8.43. The van der Waals surface area contributed by atoms with E-state index in [-0.39, 0.29) is 11.8 Å². The minimum absolute atomic E-state index is 0.0366. The quantitative estimate of drug-likeness (QED) is 0.501. The van der Waals surface area contributed by atoms with E-state index >= 15 is 0 Å². The summed E-state index contributed by atoms with van der Waals surface area (Å²) >= 11 is 0. The van der Waals surface area contributed by atoms with Gasteiger partial charge < -0.3 is 15.1 Å². The van der Waals surface area contributed by atoms with Crippen molar-refractivity contribution in [1.29, 1.82) is 0 Å². The molecule has 0 bridgehead atoms. The number of aromatic hydroxyl groups is 2. The molecule has 0 saturated carbocycles. The van der Waals surface area contributed by atoms with Crippen LogP contribution in [0.15, 0.2) is 66.7 Å². The summed E-state index contributed by atoms with van der Waals surface area (Å²) in [5, 5.41) is 21.2. The first-order valence-corrected chi connectivity index (χ1v) is 11.1. The Balaban J connectivity index is 1.22. The van der Waals surface area contributed by atoms with Crippen LogP contribution in [0.5, 0.6) is 11.8 Å². The minimum Gasteiger partial charge on any atom is -0.494 e. The third-order valence-corrected chi connectivity index (χ3v) is 6.29. The van der Waals surface area contributed by atoms with Crippen molar-refractivity contribution in [1.82, 2.24) is 14.5 Å². The molecule has 0 radical (unpaired) electrons. The Morgan fingerprint density at radius 3 is 2.38 bits per heavy atom. The van der Waals surface area contributed by atoms with E-state index < -0.39 is 0 Å². The highest BCUT2D eigenvalue weighted by atomic mass is 16.3. The lowest BCUT2D eigenvalue weighted by Crippen LogP contribution is -2.47. The third-order valence-electron chi connectivity index (χ3n) is 6.29. The Morgan fingerprint density at radius 1 is 0.844 bits per heavy atom. The summed E-state index contributed by atoms with van der Waals surface area (Å²) in [6.07, 6.45) is 0.925. The van der Waals surface area contributed by atoms with Gasteiger partial charge in [-0.1, -0.05) is 18.2 Å². The highest BCUT2D eigenvalue weighted by molar-refractivity contribution is 5.92. The van der Waals surface area contributed by atoms with Gasteiger partial charge in [0.15, 0.2) is 11.8 Å². The predicted molar refractivity (Wildman–Crippen MR) is 128 cm³/mol. The average Bonchev–Trinajstić information content (AvgIpc) is 3.15. The van der Waals surface area contributed by atoms with Crippen molar-refractivity contribution in [2.75, 3.05) is 37.6 Å². The molecule has 4 aromatic rings. The summed E-state index contributed by atoms with van der Waals surface area (Å²) in [6, 6.07) is 21.6. The van der Waals surface area contributed by atoms with E-state index in [1.807, 2.05) is 25.1 Å². The number of nitrogens with zero attached hydrogens (tertiary/aromatic N) is 4. The largest absolute Gasteiger partial charge is 0.494 e.